The van der Waals surface area contributed by atoms with E-state index < -0.39 is 0 Å². The summed E-state index contributed by atoms with van der Waals surface area (Å²) in [6.07, 6.45) is 0.892. The maximum Gasteiger partial charge on any atom is 0.317 e. The standard InChI is InChI=1S/C17H27BrN4O2S/c1-3-21(4-2)16(23)12-20-6-5-7-22(9-8-20)17(24)19-11-15-10-14(18)13-25-15/h10,13H,3-9,11-12H2,1-2H3,(H,19,24). The van der Waals surface area contributed by atoms with Gasteiger partial charge in [-0.15, -0.1) is 11.3 Å². The second-order valence-corrected chi connectivity index (χ2v) is 7.98. The first-order chi connectivity index (χ1) is 12.0. The summed E-state index contributed by atoms with van der Waals surface area (Å²) in [6, 6.07) is 2.00. The first-order valence-corrected chi connectivity index (χ1v) is 10.5. The molecule has 6 nitrogen and oxygen atoms in total. The summed E-state index contributed by atoms with van der Waals surface area (Å²) in [5.41, 5.74) is 0. The number of halogens is 1. The van der Waals surface area contributed by atoms with E-state index in [1.807, 2.05) is 35.1 Å². The molecular weight excluding hydrogens is 404 g/mol. The Morgan fingerprint density at radius 2 is 2.00 bits per heavy atom. The highest BCUT2D eigenvalue weighted by Crippen LogP contribution is 2.19. The number of hydrogen-bond acceptors (Lipinski definition) is 4. The quantitative estimate of drug-likeness (QED) is 0.754. The van der Waals surface area contributed by atoms with Crippen molar-refractivity contribution in [3.8, 4) is 0 Å². The van der Waals surface area contributed by atoms with Gasteiger partial charge in [0.1, 0.15) is 0 Å². The minimum Gasteiger partial charge on any atom is -0.342 e. The number of thiophene rings is 1. The molecule has 0 unspecified atom stereocenters. The lowest BCUT2D eigenvalue weighted by atomic mass is 10.3. The van der Waals surface area contributed by atoms with Crippen molar-refractivity contribution < 1.29 is 9.59 Å². The maximum atomic E-state index is 12.4. The summed E-state index contributed by atoms with van der Waals surface area (Å²) in [4.78, 5) is 31.6. The van der Waals surface area contributed by atoms with Gasteiger partial charge >= 0.3 is 6.03 Å². The van der Waals surface area contributed by atoms with Gasteiger partial charge < -0.3 is 15.1 Å². The summed E-state index contributed by atoms with van der Waals surface area (Å²) in [5.74, 6) is 0.172. The van der Waals surface area contributed by atoms with E-state index in [4.69, 9.17) is 0 Å². The Morgan fingerprint density at radius 3 is 2.64 bits per heavy atom. The largest absolute Gasteiger partial charge is 0.342 e. The number of urea groups is 1. The molecule has 1 saturated heterocycles. The van der Waals surface area contributed by atoms with E-state index in [0.717, 1.165) is 48.5 Å². The predicted octanol–water partition coefficient (Wildman–Crippen LogP) is 2.60. The zero-order valence-electron chi connectivity index (χ0n) is 15.0. The van der Waals surface area contributed by atoms with Gasteiger partial charge in [-0.2, -0.15) is 0 Å². The van der Waals surface area contributed by atoms with Crippen LogP contribution in [0.15, 0.2) is 15.9 Å². The third-order valence-electron chi connectivity index (χ3n) is 4.39. The monoisotopic (exact) mass is 430 g/mol. The summed E-state index contributed by atoms with van der Waals surface area (Å²) in [6.45, 7) is 9.48. The van der Waals surface area contributed by atoms with Crippen LogP contribution in [0.3, 0.4) is 0 Å². The second kappa shape index (κ2) is 10.1. The smallest absolute Gasteiger partial charge is 0.317 e. The first kappa shape index (κ1) is 20.2. The van der Waals surface area contributed by atoms with E-state index in [0.29, 0.717) is 19.6 Å². The van der Waals surface area contributed by atoms with Crippen molar-refractivity contribution in [3.05, 3.63) is 20.8 Å². The Bertz CT molecular complexity index is 577. The normalized spacial score (nSPS) is 15.7. The third kappa shape index (κ3) is 6.27. The topological polar surface area (TPSA) is 55.9 Å². The third-order valence-corrected chi connectivity index (χ3v) is 6.08. The lowest BCUT2D eigenvalue weighted by molar-refractivity contribution is -0.132. The molecule has 2 rings (SSSR count). The summed E-state index contributed by atoms with van der Waals surface area (Å²) >= 11 is 5.05. The fourth-order valence-electron chi connectivity index (χ4n) is 2.92. The summed E-state index contributed by atoms with van der Waals surface area (Å²) in [5, 5.41) is 5.00. The average Bonchev–Trinajstić information content (AvgIpc) is 2.87. The van der Waals surface area contributed by atoms with Crippen LogP contribution in [0.2, 0.25) is 0 Å². The van der Waals surface area contributed by atoms with Crippen LogP contribution in [0.5, 0.6) is 0 Å². The number of amides is 3. The molecule has 1 aromatic rings. The zero-order chi connectivity index (χ0) is 18.2. The van der Waals surface area contributed by atoms with Crippen molar-refractivity contribution in [2.75, 3.05) is 45.8 Å². The Morgan fingerprint density at radius 1 is 1.24 bits per heavy atom. The van der Waals surface area contributed by atoms with Gasteiger partial charge in [0.05, 0.1) is 13.1 Å². The van der Waals surface area contributed by atoms with Crippen molar-refractivity contribution in [1.82, 2.24) is 20.0 Å². The molecule has 1 aliphatic rings. The van der Waals surface area contributed by atoms with E-state index in [2.05, 4.69) is 26.1 Å². The van der Waals surface area contributed by atoms with Gasteiger partial charge in [0.2, 0.25) is 5.91 Å². The van der Waals surface area contributed by atoms with E-state index in [9.17, 15) is 9.59 Å². The minimum absolute atomic E-state index is 0.0264. The summed E-state index contributed by atoms with van der Waals surface area (Å²) in [7, 11) is 0. The molecule has 0 atom stereocenters. The number of nitrogens with one attached hydrogen (secondary N) is 1. The minimum atomic E-state index is -0.0264. The molecule has 1 fully saturated rings. The fraction of sp³-hybridized carbons (Fsp3) is 0.647. The number of hydrogen-bond donors (Lipinski definition) is 1. The van der Waals surface area contributed by atoms with Crippen molar-refractivity contribution in [2.24, 2.45) is 0 Å². The van der Waals surface area contributed by atoms with Crippen molar-refractivity contribution >= 4 is 39.2 Å². The second-order valence-electron chi connectivity index (χ2n) is 6.07. The lowest BCUT2D eigenvalue weighted by Gasteiger charge is -2.25. The average molecular weight is 431 g/mol. The molecule has 0 aliphatic carbocycles. The van der Waals surface area contributed by atoms with E-state index >= 15 is 0 Å². The van der Waals surface area contributed by atoms with Gasteiger partial charge in [0.15, 0.2) is 0 Å². The fourth-order valence-corrected chi connectivity index (χ4v) is 4.31. The SMILES string of the molecule is CCN(CC)C(=O)CN1CCCN(C(=O)NCc2cc(Br)cs2)CC1. The molecular formula is C17H27BrN4O2S. The molecule has 8 heteroatoms. The van der Waals surface area contributed by atoms with Gasteiger partial charge in [-0.05, 0) is 42.3 Å². The van der Waals surface area contributed by atoms with Crippen LogP contribution >= 0.6 is 27.3 Å². The number of carbonyl (C=O) groups is 2. The first-order valence-electron chi connectivity index (χ1n) is 8.79. The Balaban J connectivity index is 1.78. The molecule has 1 N–H and O–H groups in total. The van der Waals surface area contributed by atoms with Crippen molar-refractivity contribution in [3.63, 3.8) is 0 Å². The molecule has 0 spiro atoms. The van der Waals surface area contributed by atoms with Gasteiger partial charge in [0.25, 0.3) is 0 Å². The molecule has 2 heterocycles. The zero-order valence-corrected chi connectivity index (χ0v) is 17.4. The van der Waals surface area contributed by atoms with E-state index in [-0.39, 0.29) is 11.9 Å². The molecule has 0 radical (unpaired) electrons. The highest BCUT2D eigenvalue weighted by atomic mass is 79.9. The van der Waals surface area contributed by atoms with Gasteiger partial charge in [-0.1, -0.05) is 0 Å². The number of rotatable bonds is 6. The Labute approximate surface area is 162 Å². The maximum absolute atomic E-state index is 12.4. The van der Waals surface area contributed by atoms with Crippen LogP contribution in [-0.2, 0) is 11.3 Å². The molecule has 0 aromatic carbocycles. The molecule has 3 amide bonds. The van der Waals surface area contributed by atoms with Crippen molar-refractivity contribution in [2.45, 2.75) is 26.8 Å². The molecule has 1 aliphatic heterocycles. The molecule has 1 aromatic heterocycles. The van der Waals surface area contributed by atoms with Gasteiger partial charge in [0, 0.05) is 54.0 Å². The van der Waals surface area contributed by atoms with E-state index in [1.165, 1.54) is 0 Å². The van der Waals surface area contributed by atoms with Crippen LogP contribution in [0.4, 0.5) is 4.79 Å². The van der Waals surface area contributed by atoms with Crippen LogP contribution in [-0.4, -0.2) is 72.5 Å². The van der Waals surface area contributed by atoms with Crippen LogP contribution in [0.25, 0.3) is 0 Å². The van der Waals surface area contributed by atoms with Crippen molar-refractivity contribution in [1.29, 1.82) is 0 Å². The molecule has 140 valence electrons. The molecule has 25 heavy (non-hydrogen) atoms. The Hall–Kier alpha value is -1.12. The number of carbonyl (C=O) groups excluding carboxylic acids is 2. The molecule has 0 bridgehead atoms. The highest BCUT2D eigenvalue weighted by Gasteiger charge is 2.21. The van der Waals surface area contributed by atoms with Crippen LogP contribution in [0, 0.1) is 0 Å². The highest BCUT2D eigenvalue weighted by molar-refractivity contribution is 9.10. The summed E-state index contributed by atoms with van der Waals surface area (Å²) < 4.78 is 1.05. The van der Waals surface area contributed by atoms with E-state index in [1.54, 1.807) is 11.3 Å². The van der Waals surface area contributed by atoms with Crippen LogP contribution in [0.1, 0.15) is 25.1 Å². The Kier molecular flexibility index (Phi) is 8.18. The predicted molar refractivity (Wildman–Crippen MR) is 105 cm³/mol. The lowest BCUT2D eigenvalue weighted by Crippen LogP contribution is -2.43. The van der Waals surface area contributed by atoms with Crippen LogP contribution < -0.4 is 5.32 Å². The van der Waals surface area contributed by atoms with Gasteiger partial charge in [-0.3, -0.25) is 9.69 Å². The van der Waals surface area contributed by atoms with Gasteiger partial charge in [-0.25, -0.2) is 4.79 Å². The number of likely N-dealkylation sites (N-methyl/N-ethyl adjacent to an activating group) is 1. The number of nitrogens with zero attached hydrogens (tertiary/aromatic N) is 3. The molecule has 0 saturated carbocycles.